The van der Waals surface area contributed by atoms with Crippen LogP contribution in [0.5, 0.6) is 0 Å². The molecule has 0 aliphatic carbocycles. The Morgan fingerprint density at radius 1 is 1.14 bits per heavy atom. The maximum atomic E-state index is 13.3. The third-order valence-corrected chi connectivity index (χ3v) is 4.60. The molecular weight excluding hydrogens is 373 g/mol. The summed E-state index contributed by atoms with van der Waals surface area (Å²) in [5, 5.41) is 2.94. The number of nitrogens with one attached hydrogen (secondary N) is 1. The van der Waals surface area contributed by atoms with Crippen molar-refractivity contribution in [2.45, 2.75) is 26.7 Å². The Bertz CT molecular complexity index is 1090. The molecule has 0 saturated carbocycles. The summed E-state index contributed by atoms with van der Waals surface area (Å²) in [7, 11) is 1.29. The van der Waals surface area contributed by atoms with Crippen LogP contribution in [0.4, 0.5) is 10.1 Å². The zero-order chi connectivity index (χ0) is 21.0. The van der Waals surface area contributed by atoms with Crippen molar-refractivity contribution >= 4 is 17.4 Å². The number of benzene rings is 2. The number of nitrogens with zero attached hydrogens (tertiary/aromatic N) is 2. The van der Waals surface area contributed by atoms with Crippen LogP contribution in [0.15, 0.2) is 58.3 Å². The average Bonchev–Trinajstić information content (AvgIpc) is 3.04. The van der Waals surface area contributed by atoms with Gasteiger partial charge in [-0.05, 0) is 55.3 Å². The van der Waals surface area contributed by atoms with Gasteiger partial charge in [0.1, 0.15) is 5.82 Å². The molecule has 0 unspecified atom stereocenters. The van der Waals surface area contributed by atoms with Crippen LogP contribution in [0.1, 0.15) is 30.7 Å². The molecule has 0 amide bonds. The number of aromatic amines is 1. The van der Waals surface area contributed by atoms with Crippen molar-refractivity contribution in [3.8, 4) is 5.69 Å². The number of ether oxygens (including phenoxy) is 1. The highest BCUT2D eigenvalue weighted by Crippen LogP contribution is 2.17. The van der Waals surface area contributed by atoms with Gasteiger partial charge in [-0.3, -0.25) is 19.7 Å². The number of hydrogen-bond donors (Lipinski definition) is 1. The van der Waals surface area contributed by atoms with E-state index in [9.17, 15) is 14.0 Å². The van der Waals surface area contributed by atoms with E-state index in [0.29, 0.717) is 28.3 Å². The van der Waals surface area contributed by atoms with E-state index in [1.807, 2.05) is 24.3 Å². The Kier molecular flexibility index (Phi) is 6.07. The summed E-state index contributed by atoms with van der Waals surface area (Å²) in [6.07, 6.45) is 0.809. The molecule has 150 valence electrons. The summed E-state index contributed by atoms with van der Waals surface area (Å²) in [4.78, 5) is 29.5. The van der Waals surface area contributed by atoms with Gasteiger partial charge in [-0.15, -0.1) is 0 Å². The zero-order valence-electron chi connectivity index (χ0n) is 16.5. The molecule has 29 heavy (non-hydrogen) atoms. The van der Waals surface area contributed by atoms with Crippen LogP contribution >= 0.6 is 0 Å². The number of aliphatic imine (C=N–C) groups is 1. The van der Waals surface area contributed by atoms with E-state index in [1.165, 1.54) is 41.6 Å². The van der Waals surface area contributed by atoms with E-state index in [2.05, 4.69) is 17.0 Å². The molecule has 1 N–H and O–H groups in total. The fraction of sp³-hybridized carbons (Fsp3) is 0.227. The Labute approximate surface area is 167 Å². The van der Waals surface area contributed by atoms with Crippen LogP contribution < -0.4 is 5.56 Å². The molecule has 0 saturated heterocycles. The first-order chi connectivity index (χ1) is 13.9. The van der Waals surface area contributed by atoms with Crippen molar-refractivity contribution in [1.29, 1.82) is 0 Å². The van der Waals surface area contributed by atoms with E-state index in [0.717, 1.165) is 6.42 Å². The molecule has 1 heterocycles. The summed E-state index contributed by atoms with van der Waals surface area (Å²) >= 11 is 0. The number of aromatic nitrogens is 2. The largest absolute Gasteiger partial charge is 0.469 e. The fourth-order valence-electron chi connectivity index (χ4n) is 3.03. The van der Waals surface area contributed by atoms with Crippen LogP contribution in [-0.4, -0.2) is 28.6 Å². The first-order valence-electron chi connectivity index (χ1n) is 9.24. The summed E-state index contributed by atoms with van der Waals surface area (Å²) in [6.45, 7) is 3.79. The zero-order valence-corrected chi connectivity index (χ0v) is 16.5. The lowest BCUT2D eigenvalue weighted by Gasteiger charge is -2.03. The molecule has 0 fully saturated rings. The van der Waals surface area contributed by atoms with Gasteiger partial charge in [0.2, 0.25) is 0 Å². The van der Waals surface area contributed by atoms with Crippen LogP contribution in [0.2, 0.25) is 0 Å². The normalized spacial score (nSPS) is 11.5. The van der Waals surface area contributed by atoms with Crippen LogP contribution in [0.3, 0.4) is 0 Å². The Morgan fingerprint density at radius 2 is 1.79 bits per heavy atom. The van der Waals surface area contributed by atoms with Crippen molar-refractivity contribution < 1.29 is 13.9 Å². The van der Waals surface area contributed by atoms with Crippen LogP contribution in [0.25, 0.3) is 5.69 Å². The Balaban J connectivity index is 2.09. The standard InChI is InChI=1S/C22H22FN3O3/c1-4-15-5-9-17(10-6-15)24-14(2)21-19(13-20(27)29-3)25-26(22(21)28)18-11-7-16(23)8-12-18/h5-12,25H,4,13H2,1-3H3. The van der Waals surface area contributed by atoms with Crippen LogP contribution in [-0.2, 0) is 22.4 Å². The number of esters is 1. The summed E-state index contributed by atoms with van der Waals surface area (Å²) in [6, 6.07) is 13.2. The SMILES string of the molecule is CCc1ccc(N=C(C)c2c(CC(=O)OC)[nH]n(-c3ccc(F)cc3)c2=O)cc1. The number of halogens is 1. The predicted octanol–water partition coefficient (Wildman–Crippen LogP) is 3.72. The molecule has 0 bridgehead atoms. The predicted molar refractivity (Wildman–Crippen MR) is 110 cm³/mol. The second kappa shape index (κ2) is 8.68. The molecule has 7 heteroatoms. The molecule has 0 aliphatic heterocycles. The smallest absolute Gasteiger partial charge is 0.311 e. The first-order valence-corrected chi connectivity index (χ1v) is 9.24. The molecule has 0 aliphatic rings. The maximum absolute atomic E-state index is 13.3. The topological polar surface area (TPSA) is 76.4 Å². The van der Waals surface area contributed by atoms with Gasteiger partial charge in [0.15, 0.2) is 0 Å². The lowest BCUT2D eigenvalue weighted by atomic mass is 10.1. The van der Waals surface area contributed by atoms with Gasteiger partial charge >= 0.3 is 5.97 Å². The van der Waals surface area contributed by atoms with Crippen molar-refractivity contribution in [1.82, 2.24) is 9.78 Å². The number of H-pyrrole nitrogens is 1. The molecule has 6 nitrogen and oxygen atoms in total. The highest BCUT2D eigenvalue weighted by molar-refractivity contribution is 6.01. The van der Waals surface area contributed by atoms with Gasteiger partial charge in [-0.2, -0.15) is 0 Å². The fourth-order valence-corrected chi connectivity index (χ4v) is 3.03. The van der Waals surface area contributed by atoms with Crippen LogP contribution in [0, 0.1) is 5.82 Å². The number of carbonyl (C=O) groups is 1. The summed E-state index contributed by atoms with van der Waals surface area (Å²) in [5.41, 5.74) is 3.12. The third-order valence-electron chi connectivity index (χ3n) is 4.60. The number of methoxy groups -OCH3 is 1. The number of carbonyl (C=O) groups excluding carboxylic acids is 1. The van der Waals surface area contributed by atoms with E-state index < -0.39 is 11.8 Å². The van der Waals surface area contributed by atoms with Gasteiger partial charge in [0.05, 0.1) is 41.9 Å². The van der Waals surface area contributed by atoms with Crippen molar-refractivity contribution in [3.05, 3.63) is 81.5 Å². The van der Waals surface area contributed by atoms with E-state index in [-0.39, 0.29) is 12.0 Å². The van der Waals surface area contributed by atoms with Gasteiger partial charge in [0.25, 0.3) is 5.56 Å². The second-order valence-electron chi connectivity index (χ2n) is 6.55. The summed E-state index contributed by atoms with van der Waals surface area (Å²) < 4.78 is 19.3. The van der Waals surface area contributed by atoms with Crippen molar-refractivity contribution in [2.75, 3.05) is 7.11 Å². The maximum Gasteiger partial charge on any atom is 0.311 e. The number of rotatable bonds is 6. The highest BCUT2D eigenvalue weighted by atomic mass is 19.1. The van der Waals surface area contributed by atoms with E-state index in [4.69, 9.17) is 4.74 Å². The van der Waals surface area contributed by atoms with Crippen molar-refractivity contribution in [3.63, 3.8) is 0 Å². The minimum atomic E-state index is -0.487. The van der Waals surface area contributed by atoms with Gasteiger partial charge in [-0.1, -0.05) is 19.1 Å². The Hall–Kier alpha value is -3.48. The average molecular weight is 395 g/mol. The summed E-state index contributed by atoms with van der Waals surface area (Å²) in [5.74, 6) is -0.893. The molecule has 3 aromatic rings. The van der Waals surface area contributed by atoms with E-state index >= 15 is 0 Å². The lowest BCUT2D eigenvalue weighted by molar-refractivity contribution is -0.139. The quantitative estimate of drug-likeness (QED) is 0.510. The minimum absolute atomic E-state index is 0.114. The third kappa shape index (κ3) is 4.51. The monoisotopic (exact) mass is 395 g/mol. The minimum Gasteiger partial charge on any atom is -0.469 e. The first kappa shape index (κ1) is 20.3. The molecular formula is C22H22FN3O3. The second-order valence-corrected chi connectivity index (χ2v) is 6.55. The number of hydrogen-bond acceptors (Lipinski definition) is 4. The Morgan fingerprint density at radius 3 is 2.38 bits per heavy atom. The van der Waals surface area contributed by atoms with Crippen molar-refractivity contribution in [2.24, 2.45) is 4.99 Å². The molecule has 2 aromatic carbocycles. The van der Waals surface area contributed by atoms with Gasteiger partial charge in [0, 0.05) is 0 Å². The lowest BCUT2D eigenvalue weighted by Crippen LogP contribution is -2.20. The molecule has 0 radical (unpaired) electrons. The highest BCUT2D eigenvalue weighted by Gasteiger charge is 2.20. The molecule has 0 atom stereocenters. The van der Waals surface area contributed by atoms with E-state index in [1.54, 1.807) is 6.92 Å². The van der Waals surface area contributed by atoms with Gasteiger partial charge < -0.3 is 4.74 Å². The van der Waals surface area contributed by atoms with Gasteiger partial charge in [-0.25, -0.2) is 9.07 Å². The molecule has 0 spiro atoms. The molecule has 1 aromatic heterocycles. The molecule has 3 rings (SSSR count). The number of aryl methyl sites for hydroxylation is 1.